The van der Waals surface area contributed by atoms with Crippen LogP contribution in [-0.4, -0.2) is 20.6 Å². The normalized spacial score (nSPS) is 10.5. The lowest BCUT2D eigenvalue weighted by molar-refractivity contribution is 0.0727. The second-order valence-corrected chi connectivity index (χ2v) is 6.20. The maximum atomic E-state index is 12.7. The van der Waals surface area contributed by atoms with Crippen LogP contribution < -0.4 is 10.3 Å². The van der Waals surface area contributed by atoms with Gasteiger partial charge in [0.05, 0.1) is 6.54 Å². The summed E-state index contributed by atoms with van der Waals surface area (Å²) in [4.78, 5) is 27.5. The van der Waals surface area contributed by atoms with Gasteiger partial charge in [-0.1, -0.05) is 41.9 Å². The SMILES string of the molecule is O=C(Oc1ccc(Cl)cc1)c1c(O)[nH]c(=S)n(Cc2ccccc2)c1=O. The van der Waals surface area contributed by atoms with Gasteiger partial charge in [-0.15, -0.1) is 0 Å². The molecule has 26 heavy (non-hydrogen) atoms. The number of aromatic hydroxyl groups is 1. The molecule has 0 amide bonds. The van der Waals surface area contributed by atoms with E-state index in [2.05, 4.69) is 4.98 Å². The monoisotopic (exact) mass is 388 g/mol. The number of nitrogens with one attached hydrogen (secondary N) is 1. The van der Waals surface area contributed by atoms with Gasteiger partial charge in [-0.3, -0.25) is 9.36 Å². The number of carbonyl (C=O) groups is 1. The average Bonchev–Trinajstić information content (AvgIpc) is 2.61. The molecule has 0 spiro atoms. The van der Waals surface area contributed by atoms with Gasteiger partial charge < -0.3 is 14.8 Å². The molecule has 2 N–H and O–H groups in total. The number of benzene rings is 2. The third-order valence-corrected chi connectivity index (χ3v) is 4.15. The lowest BCUT2D eigenvalue weighted by Crippen LogP contribution is -2.30. The number of nitrogens with zero attached hydrogens (tertiary/aromatic N) is 1. The number of halogens is 1. The van der Waals surface area contributed by atoms with E-state index in [0.29, 0.717) is 5.02 Å². The zero-order chi connectivity index (χ0) is 18.7. The maximum absolute atomic E-state index is 12.7. The van der Waals surface area contributed by atoms with Crippen molar-refractivity contribution in [1.29, 1.82) is 0 Å². The maximum Gasteiger partial charge on any atom is 0.354 e. The molecule has 0 bridgehead atoms. The molecule has 0 fully saturated rings. The number of ether oxygens (including phenoxy) is 1. The van der Waals surface area contributed by atoms with Crippen LogP contribution in [0.3, 0.4) is 0 Å². The first kappa shape index (κ1) is 17.9. The Bertz CT molecular complexity index is 1060. The van der Waals surface area contributed by atoms with E-state index >= 15 is 0 Å². The van der Waals surface area contributed by atoms with Crippen LogP contribution in [-0.2, 0) is 6.54 Å². The number of hydrogen-bond acceptors (Lipinski definition) is 5. The lowest BCUT2D eigenvalue weighted by atomic mass is 10.2. The van der Waals surface area contributed by atoms with Crippen molar-refractivity contribution in [2.45, 2.75) is 6.54 Å². The Kier molecular flexibility index (Phi) is 5.20. The fraction of sp³-hybridized carbons (Fsp3) is 0.0556. The number of H-pyrrole nitrogens is 1. The van der Waals surface area contributed by atoms with Gasteiger partial charge in [0.25, 0.3) is 5.56 Å². The zero-order valence-electron chi connectivity index (χ0n) is 13.3. The summed E-state index contributed by atoms with van der Waals surface area (Å²) in [5.74, 6) is -1.44. The molecule has 1 aromatic heterocycles. The average molecular weight is 389 g/mol. The second-order valence-electron chi connectivity index (χ2n) is 5.37. The Labute approximate surface area is 158 Å². The lowest BCUT2D eigenvalue weighted by Gasteiger charge is -2.10. The smallest absolute Gasteiger partial charge is 0.354 e. The summed E-state index contributed by atoms with van der Waals surface area (Å²) in [6, 6.07) is 15.2. The van der Waals surface area contributed by atoms with Gasteiger partial charge in [-0.25, -0.2) is 4.79 Å². The Hall–Kier alpha value is -2.90. The summed E-state index contributed by atoms with van der Waals surface area (Å²) in [7, 11) is 0. The van der Waals surface area contributed by atoms with Gasteiger partial charge in [0.1, 0.15) is 5.75 Å². The molecule has 0 unspecified atom stereocenters. The van der Waals surface area contributed by atoms with Gasteiger partial charge in [-0.2, -0.15) is 0 Å². The highest BCUT2D eigenvalue weighted by molar-refractivity contribution is 7.71. The van der Waals surface area contributed by atoms with Gasteiger partial charge in [0.15, 0.2) is 10.3 Å². The van der Waals surface area contributed by atoms with Crippen molar-refractivity contribution in [2.24, 2.45) is 0 Å². The summed E-state index contributed by atoms with van der Waals surface area (Å²) in [5, 5.41) is 10.5. The summed E-state index contributed by atoms with van der Waals surface area (Å²) < 4.78 is 6.32. The third-order valence-electron chi connectivity index (χ3n) is 3.58. The topological polar surface area (TPSA) is 84.3 Å². The van der Waals surface area contributed by atoms with Crippen molar-refractivity contribution in [2.75, 3.05) is 0 Å². The first-order valence-electron chi connectivity index (χ1n) is 7.53. The minimum absolute atomic E-state index is 0.000559. The van der Waals surface area contributed by atoms with E-state index in [1.807, 2.05) is 30.3 Å². The third kappa shape index (κ3) is 3.84. The van der Waals surface area contributed by atoms with Crippen molar-refractivity contribution >= 4 is 29.8 Å². The molecule has 0 saturated carbocycles. The predicted molar refractivity (Wildman–Crippen MR) is 99.5 cm³/mol. The van der Waals surface area contributed by atoms with Crippen molar-refractivity contribution in [3.8, 4) is 11.6 Å². The van der Waals surface area contributed by atoms with Crippen molar-refractivity contribution in [1.82, 2.24) is 9.55 Å². The van der Waals surface area contributed by atoms with Gasteiger partial charge in [0, 0.05) is 5.02 Å². The first-order chi connectivity index (χ1) is 12.5. The van der Waals surface area contributed by atoms with Gasteiger partial charge in [-0.05, 0) is 42.0 Å². The number of aromatic amines is 1. The van der Waals surface area contributed by atoms with Gasteiger partial charge in [0.2, 0.25) is 5.88 Å². The molecule has 0 atom stereocenters. The Morgan fingerprint density at radius 3 is 2.46 bits per heavy atom. The van der Waals surface area contributed by atoms with Crippen LogP contribution in [0.15, 0.2) is 59.4 Å². The van der Waals surface area contributed by atoms with Crippen LogP contribution in [0.2, 0.25) is 5.02 Å². The standard InChI is InChI=1S/C18H13ClN2O4S/c19-12-6-8-13(9-7-12)25-17(24)14-15(22)20-18(26)21(16(14)23)10-11-4-2-1-3-5-11/h1-9,22H,10H2,(H,20,26). The number of hydrogen-bond donors (Lipinski definition) is 2. The highest BCUT2D eigenvalue weighted by Crippen LogP contribution is 2.18. The predicted octanol–water partition coefficient (Wildman–Crippen LogP) is 3.53. The molecule has 0 aliphatic heterocycles. The van der Waals surface area contributed by atoms with Crippen molar-refractivity contribution in [3.05, 3.63) is 85.9 Å². The molecule has 8 heteroatoms. The fourth-order valence-corrected chi connectivity index (χ4v) is 2.68. The molecule has 0 saturated heterocycles. The van der Waals surface area contributed by atoms with Crippen LogP contribution in [0, 0.1) is 4.77 Å². The minimum atomic E-state index is -0.997. The molecule has 0 aliphatic rings. The molecule has 132 valence electrons. The number of carbonyl (C=O) groups excluding carboxylic acids is 1. The first-order valence-corrected chi connectivity index (χ1v) is 8.32. The molecular formula is C18H13ClN2O4S. The van der Waals surface area contributed by atoms with Crippen LogP contribution in [0.4, 0.5) is 0 Å². The quantitative estimate of drug-likeness (QED) is 0.406. The van der Waals surface area contributed by atoms with E-state index < -0.39 is 23.0 Å². The molecular weight excluding hydrogens is 376 g/mol. The number of aromatic nitrogens is 2. The largest absolute Gasteiger partial charge is 0.494 e. The van der Waals surface area contributed by atoms with E-state index in [1.165, 1.54) is 28.8 Å². The van der Waals surface area contributed by atoms with E-state index in [4.69, 9.17) is 28.6 Å². The second kappa shape index (κ2) is 7.55. The van der Waals surface area contributed by atoms with Gasteiger partial charge >= 0.3 is 5.97 Å². The van der Waals surface area contributed by atoms with E-state index in [9.17, 15) is 14.7 Å². The summed E-state index contributed by atoms with van der Waals surface area (Å²) in [6.07, 6.45) is 0. The molecule has 1 heterocycles. The Morgan fingerprint density at radius 1 is 1.15 bits per heavy atom. The highest BCUT2D eigenvalue weighted by atomic mass is 35.5. The van der Waals surface area contributed by atoms with E-state index in [1.54, 1.807) is 0 Å². The minimum Gasteiger partial charge on any atom is -0.494 e. The molecule has 6 nitrogen and oxygen atoms in total. The summed E-state index contributed by atoms with van der Waals surface area (Å²) in [5.41, 5.74) is -0.449. The summed E-state index contributed by atoms with van der Waals surface area (Å²) in [6.45, 7) is 0.149. The Balaban J connectivity index is 1.97. The van der Waals surface area contributed by atoms with Crippen LogP contribution in [0.5, 0.6) is 11.6 Å². The van der Waals surface area contributed by atoms with Crippen LogP contribution in [0.25, 0.3) is 0 Å². The molecule has 2 aromatic carbocycles. The molecule has 3 rings (SSSR count). The zero-order valence-corrected chi connectivity index (χ0v) is 14.9. The van der Waals surface area contributed by atoms with Crippen LogP contribution in [0.1, 0.15) is 15.9 Å². The highest BCUT2D eigenvalue weighted by Gasteiger charge is 2.22. The number of rotatable bonds is 4. The van der Waals surface area contributed by atoms with Crippen LogP contribution >= 0.6 is 23.8 Å². The van der Waals surface area contributed by atoms with Crippen molar-refractivity contribution < 1.29 is 14.6 Å². The van der Waals surface area contributed by atoms with E-state index in [-0.39, 0.29) is 17.1 Å². The molecule has 3 aromatic rings. The van der Waals surface area contributed by atoms with E-state index in [0.717, 1.165) is 5.56 Å². The number of esters is 1. The molecule has 0 radical (unpaired) electrons. The molecule has 0 aliphatic carbocycles. The fourth-order valence-electron chi connectivity index (χ4n) is 2.31. The Morgan fingerprint density at radius 2 is 1.81 bits per heavy atom. The summed E-state index contributed by atoms with van der Waals surface area (Å²) >= 11 is 10.9. The van der Waals surface area contributed by atoms with Crippen molar-refractivity contribution in [3.63, 3.8) is 0 Å².